The van der Waals surface area contributed by atoms with E-state index in [1.54, 1.807) is 6.20 Å². The third-order valence-electron chi connectivity index (χ3n) is 1.98. The zero-order valence-corrected chi connectivity index (χ0v) is 9.16. The Morgan fingerprint density at radius 2 is 1.80 bits per heavy atom. The van der Waals surface area contributed by atoms with Crippen molar-refractivity contribution < 1.29 is 0 Å². The maximum Gasteiger partial charge on any atom is 0.126 e. The molecular formula is C11H12ClN3. The molecule has 1 aromatic carbocycles. The van der Waals surface area contributed by atoms with Gasteiger partial charge in [0.1, 0.15) is 5.82 Å². The molecule has 0 unspecified atom stereocenters. The van der Waals surface area contributed by atoms with Crippen LogP contribution in [0.4, 0.5) is 5.69 Å². The van der Waals surface area contributed by atoms with Crippen molar-refractivity contribution in [1.82, 2.24) is 9.97 Å². The molecular weight excluding hydrogens is 210 g/mol. The van der Waals surface area contributed by atoms with E-state index < -0.39 is 0 Å². The number of benzene rings is 1. The van der Waals surface area contributed by atoms with Crippen molar-refractivity contribution in [1.29, 1.82) is 0 Å². The Balaban J connectivity index is 0.00000112. The Kier molecular flexibility index (Phi) is 3.63. The molecule has 4 heteroatoms. The summed E-state index contributed by atoms with van der Waals surface area (Å²) in [7, 11) is 0. The third-order valence-corrected chi connectivity index (χ3v) is 1.98. The summed E-state index contributed by atoms with van der Waals surface area (Å²) in [5.74, 6) is 0.734. The first kappa shape index (κ1) is 11.5. The predicted molar refractivity (Wildman–Crippen MR) is 63.9 cm³/mol. The minimum absolute atomic E-state index is 0. The largest absolute Gasteiger partial charge is 0.396 e. The Hall–Kier alpha value is -1.61. The number of nitrogen functional groups attached to an aromatic ring is 1. The van der Waals surface area contributed by atoms with Crippen LogP contribution < -0.4 is 5.73 Å². The lowest BCUT2D eigenvalue weighted by Gasteiger charge is -2.04. The van der Waals surface area contributed by atoms with Gasteiger partial charge >= 0.3 is 0 Å². The maximum atomic E-state index is 5.80. The molecule has 0 bridgehead atoms. The standard InChI is InChI=1S/C11H11N3.ClH/c1-8-13-7-10(12)11(14-8)9-5-3-2-4-6-9;/h2-7H,12H2,1H3;1H. The number of nitrogens with zero attached hydrogens (tertiary/aromatic N) is 2. The highest BCUT2D eigenvalue weighted by Gasteiger charge is 2.03. The monoisotopic (exact) mass is 221 g/mol. The predicted octanol–water partition coefficient (Wildman–Crippen LogP) is 2.46. The van der Waals surface area contributed by atoms with Gasteiger partial charge in [0, 0.05) is 5.56 Å². The number of aromatic nitrogens is 2. The summed E-state index contributed by atoms with van der Waals surface area (Å²) >= 11 is 0. The second-order valence-electron chi connectivity index (χ2n) is 3.09. The van der Waals surface area contributed by atoms with E-state index >= 15 is 0 Å². The van der Waals surface area contributed by atoms with E-state index in [1.165, 1.54) is 0 Å². The van der Waals surface area contributed by atoms with Crippen LogP contribution in [0.15, 0.2) is 36.5 Å². The number of halogens is 1. The first-order chi connectivity index (χ1) is 6.77. The molecule has 2 aromatic rings. The highest BCUT2D eigenvalue weighted by atomic mass is 35.5. The molecule has 0 amide bonds. The van der Waals surface area contributed by atoms with Crippen LogP contribution in [0.25, 0.3) is 11.3 Å². The van der Waals surface area contributed by atoms with Gasteiger partial charge in [0.15, 0.2) is 0 Å². The molecule has 0 aliphatic carbocycles. The van der Waals surface area contributed by atoms with Crippen molar-refractivity contribution in [3.63, 3.8) is 0 Å². The SMILES string of the molecule is Cc1ncc(N)c(-c2ccccc2)n1.Cl. The fraction of sp³-hybridized carbons (Fsp3) is 0.0909. The summed E-state index contributed by atoms with van der Waals surface area (Å²) in [6.45, 7) is 1.85. The molecule has 2 rings (SSSR count). The van der Waals surface area contributed by atoms with Gasteiger partial charge < -0.3 is 5.73 Å². The molecule has 0 fully saturated rings. The number of rotatable bonds is 1. The Morgan fingerprint density at radius 3 is 2.47 bits per heavy atom. The molecule has 1 heterocycles. The van der Waals surface area contributed by atoms with Crippen LogP contribution in [-0.4, -0.2) is 9.97 Å². The number of hydrogen-bond acceptors (Lipinski definition) is 3. The average molecular weight is 222 g/mol. The van der Waals surface area contributed by atoms with Crippen molar-refractivity contribution in [2.45, 2.75) is 6.92 Å². The third kappa shape index (κ3) is 2.44. The lowest BCUT2D eigenvalue weighted by atomic mass is 10.1. The van der Waals surface area contributed by atoms with Crippen LogP contribution in [0.5, 0.6) is 0 Å². The first-order valence-electron chi connectivity index (χ1n) is 4.42. The quantitative estimate of drug-likeness (QED) is 0.805. The molecule has 0 saturated heterocycles. The van der Waals surface area contributed by atoms with E-state index in [1.807, 2.05) is 37.3 Å². The van der Waals surface area contributed by atoms with Gasteiger partial charge in [0.05, 0.1) is 17.6 Å². The minimum atomic E-state index is 0. The summed E-state index contributed by atoms with van der Waals surface area (Å²) in [6, 6.07) is 9.86. The van der Waals surface area contributed by atoms with E-state index in [0.717, 1.165) is 17.1 Å². The van der Waals surface area contributed by atoms with E-state index in [-0.39, 0.29) is 12.4 Å². The Labute approximate surface area is 94.8 Å². The summed E-state index contributed by atoms with van der Waals surface area (Å²) in [6.07, 6.45) is 1.64. The summed E-state index contributed by atoms with van der Waals surface area (Å²) in [5, 5.41) is 0. The van der Waals surface area contributed by atoms with Crippen LogP contribution in [0.3, 0.4) is 0 Å². The van der Waals surface area contributed by atoms with Gasteiger partial charge in [-0.3, -0.25) is 0 Å². The topological polar surface area (TPSA) is 51.8 Å². The minimum Gasteiger partial charge on any atom is -0.396 e. The zero-order valence-electron chi connectivity index (χ0n) is 8.34. The van der Waals surface area contributed by atoms with Crippen molar-refractivity contribution >= 4 is 18.1 Å². The fourth-order valence-electron chi connectivity index (χ4n) is 1.31. The smallest absolute Gasteiger partial charge is 0.126 e. The van der Waals surface area contributed by atoms with Gasteiger partial charge in [-0.2, -0.15) is 0 Å². The molecule has 2 N–H and O–H groups in total. The van der Waals surface area contributed by atoms with Crippen LogP contribution in [-0.2, 0) is 0 Å². The van der Waals surface area contributed by atoms with E-state index in [2.05, 4.69) is 9.97 Å². The van der Waals surface area contributed by atoms with Crippen LogP contribution in [0.1, 0.15) is 5.82 Å². The second-order valence-corrected chi connectivity index (χ2v) is 3.09. The zero-order chi connectivity index (χ0) is 9.97. The normalized spacial score (nSPS) is 9.40. The number of aryl methyl sites for hydroxylation is 1. The molecule has 78 valence electrons. The summed E-state index contributed by atoms with van der Waals surface area (Å²) < 4.78 is 0. The van der Waals surface area contributed by atoms with Crippen molar-refractivity contribution in [3.8, 4) is 11.3 Å². The van der Waals surface area contributed by atoms with Gasteiger partial charge in [0.2, 0.25) is 0 Å². The van der Waals surface area contributed by atoms with Crippen LogP contribution in [0, 0.1) is 6.92 Å². The highest BCUT2D eigenvalue weighted by molar-refractivity contribution is 5.85. The maximum absolute atomic E-state index is 5.80. The Bertz CT molecular complexity index is 443. The second kappa shape index (κ2) is 4.75. The molecule has 15 heavy (non-hydrogen) atoms. The number of hydrogen-bond donors (Lipinski definition) is 1. The molecule has 0 spiro atoms. The van der Waals surface area contributed by atoms with E-state index in [4.69, 9.17) is 5.73 Å². The fourth-order valence-corrected chi connectivity index (χ4v) is 1.31. The molecule has 0 atom stereocenters. The van der Waals surface area contributed by atoms with Gasteiger partial charge in [-0.05, 0) is 6.92 Å². The molecule has 3 nitrogen and oxygen atoms in total. The van der Waals surface area contributed by atoms with E-state index in [9.17, 15) is 0 Å². The van der Waals surface area contributed by atoms with Gasteiger partial charge in [0.25, 0.3) is 0 Å². The number of anilines is 1. The Morgan fingerprint density at radius 1 is 1.13 bits per heavy atom. The van der Waals surface area contributed by atoms with Crippen molar-refractivity contribution in [2.24, 2.45) is 0 Å². The molecule has 0 aliphatic heterocycles. The molecule has 0 saturated carbocycles. The lowest BCUT2D eigenvalue weighted by Crippen LogP contribution is -1.97. The van der Waals surface area contributed by atoms with Gasteiger partial charge in [-0.1, -0.05) is 30.3 Å². The van der Waals surface area contributed by atoms with Crippen molar-refractivity contribution in [3.05, 3.63) is 42.4 Å². The first-order valence-corrected chi connectivity index (χ1v) is 4.42. The highest BCUT2D eigenvalue weighted by Crippen LogP contribution is 2.21. The molecule has 0 aliphatic rings. The lowest BCUT2D eigenvalue weighted by molar-refractivity contribution is 1.06. The molecule has 1 aromatic heterocycles. The number of nitrogens with two attached hydrogens (primary N) is 1. The average Bonchev–Trinajstić information content (AvgIpc) is 2.23. The summed E-state index contributed by atoms with van der Waals surface area (Å²) in [5.41, 5.74) is 8.24. The van der Waals surface area contributed by atoms with E-state index in [0.29, 0.717) is 5.69 Å². The van der Waals surface area contributed by atoms with Crippen molar-refractivity contribution in [2.75, 3.05) is 5.73 Å². The van der Waals surface area contributed by atoms with Crippen LogP contribution >= 0.6 is 12.4 Å². The molecule has 0 radical (unpaired) electrons. The van der Waals surface area contributed by atoms with Gasteiger partial charge in [-0.15, -0.1) is 12.4 Å². The summed E-state index contributed by atoms with van der Waals surface area (Å²) in [4.78, 5) is 8.34. The van der Waals surface area contributed by atoms with Crippen LogP contribution in [0.2, 0.25) is 0 Å². The van der Waals surface area contributed by atoms with Gasteiger partial charge in [-0.25, -0.2) is 9.97 Å².